The molecule has 1 aliphatic heterocycles. The van der Waals surface area contributed by atoms with Gasteiger partial charge in [0.1, 0.15) is 30.9 Å². The van der Waals surface area contributed by atoms with E-state index < -0.39 is 54.2 Å². The lowest BCUT2D eigenvalue weighted by Gasteiger charge is -2.30. The van der Waals surface area contributed by atoms with E-state index in [-0.39, 0.29) is 13.0 Å². The third-order valence-electron chi connectivity index (χ3n) is 6.06. The third kappa shape index (κ3) is 9.49. The fraction of sp³-hybridized carbons (Fsp3) is 0.448. The van der Waals surface area contributed by atoms with E-state index >= 15 is 0 Å². The molecule has 1 saturated heterocycles. The molecule has 0 aliphatic carbocycles. The van der Waals surface area contributed by atoms with Crippen LogP contribution in [-0.2, 0) is 36.9 Å². The fourth-order valence-electron chi connectivity index (χ4n) is 4.23. The lowest BCUT2D eigenvalue weighted by atomic mass is 10.0. The molecule has 0 bridgehead atoms. The summed E-state index contributed by atoms with van der Waals surface area (Å²) in [5.41, 5.74) is 0.609. The predicted octanol–water partition coefficient (Wildman–Crippen LogP) is 2.33. The third-order valence-corrected chi connectivity index (χ3v) is 6.06. The van der Waals surface area contributed by atoms with Crippen molar-refractivity contribution in [1.29, 1.82) is 0 Å². The van der Waals surface area contributed by atoms with Crippen LogP contribution in [0.5, 0.6) is 0 Å². The number of carbonyl (C=O) groups is 4. The molecule has 1 fully saturated rings. The SMILES string of the molecule is CC(C)(C)OC(=O)CN(C(=O)C(Cc1ccccc1)NC(=O)OCc1ccccc1)C(=O)C(O)C1CCCN1. The number of hydrogen-bond donors (Lipinski definition) is 3. The van der Waals surface area contributed by atoms with Crippen LogP contribution in [-0.4, -0.2) is 70.8 Å². The number of aliphatic hydroxyl groups is 1. The lowest BCUT2D eigenvalue weighted by molar-refractivity contribution is -0.165. The van der Waals surface area contributed by atoms with Gasteiger partial charge < -0.3 is 25.2 Å². The van der Waals surface area contributed by atoms with Crippen molar-refractivity contribution >= 4 is 23.9 Å². The Balaban J connectivity index is 1.83. The molecule has 210 valence electrons. The Morgan fingerprint density at radius 3 is 2.18 bits per heavy atom. The van der Waals surface area contributed by atoms with Gasteiger partial charge in [0.05, 0.1) is 0 Å². The summed E-state index contributed by atoms with van der Waals surface area (Å²) in [5.74, 6) is -2.62. The molecular formula is C29H37N3O7. The van der Waals surface area contributed by atoms with Crippen molar-refractivity contribution in [3.05, 3.63) is 71.8 Å². The number of nitrogens with zero attached hydrogens (tertiary/aromatic N) is 1. The van der Waals surface area contributed by atoms with Crippen molar-refractivity contribution < 1.29 is 33.8 Å². The summed E-state index contributed by atoms with van der Waals surface area (Å²) in [5, 5.41) is 16.4. The van der Waals surface area contributed by atoms with Crippen LogP contribution in [0, 0.1) is 0 Å². The van der Waals surface area contributed by atoms with Gasteiger partial charge in [0.2, 0.25) is 0 Å². The van der Waals surface area contributed by atoms with E-state index in [0.29, 0.717) is 23.4 Å². The number of hydrogen-bond acceptors (Lipinski definition) is 8. The van der Waals surface area contributed by atoms with Gasteiger partial charge >= 0.3 is 12.1 Å². The molecule has 2 aromatic rings. The normalized spacial score (nSPS) is 16.6. The zero-order chi connectivity index (χ0) is 28.4. The van der Waals surface area contributed by atoms with Crippen LogP contribution >= 0.6 is 0 Å². The minimum Gasteiger partial charge on any atom is -0.459 e. The topological polar surface area (TPSA) is 134 Å². The number of esters is 1. The van der Waals surface area contributed by atoms with Gasteiger partial charge in [-0.15, -0.1) is 0 Å². The molecule has 3 N–H and O–H groups in total. The molecule has 1 heterocycles. The van der Waals surface area contributed by atoms with Crippen molar-refractivity contribution in [3.8, 4) is 0 Å². The Labute approximate surface area is 228 Å². The quantitative estimate of drug-likeness (QED) is 0.392. The van der Waals surface area contributed by atoms with Gasteiger partial charge in [-0.1, -0.05) is 60.7 Å². The van der Waals surface area contributed by atoms with E-state index in [4.69, 9.17) is 9.47 Å². The highest BCUT2D eigenvalue weighted by atomic mass is 16.6. The van der Waals surface area contributed by atoms with E-state index in [2.05, 4.69) is 10.6 Å². The lowest BCUT2D eigenvalue weighted by Crippen LogP contribution is -2.57. The Morgan fingerprint density at radius 1 is 1.00 bits per heavy atom. The van der Waals surface area contributed by atoms with Crippen LogP contribution in [0.2, 0.25) is 0 Å². The highest BCUT2D eigenvalue weighted by Crippen LogP contribution is 2.15. The monoisotopic (exact) mass is 539 g/mol. The summed E-state index contributed by atoms with van der Waals surface area (Å²) in [6, 6.07) is 16.1. The van der Waals surface area contributed by atoms with Gasteiger partial charge in [0, 0.05) is 12.5 Å². The molecule has 3 atom stereocenters. The Hall–Kier alpha value is -3.76. The minimum atomic E-state index is -1.55. The second-order valence-electron chi connectivity index (χ2n) is 10.4. The Kier molecular flexibility index (Phi) is 10.6. The van der Waals surface area contributed by atoms with Gasteiger partial charge in [-0.25, -0.2) is 4.79 Å². The zero-order valence-corrected chi connectivity index (χ0v) is 22.6. The maximum absolute atomic E-state index is 13.8. The van der Waals surface area contributed by atoms with Crippen molar-refractivity contribution in [1.82, 2.24) is 15.5 Å². The number of rotatable bonds is 10. The highest BCUT2D eigenvalue weighted by Gasteiger charge is 2.39. The van der Waals surface area contributed by atoms with Crippen LogP contribution in [0.15, 0.2) is 60.7 Å². The Morgan fingerprint density at radius 2 is 1.62 bits per heavy atom. The van der Waals surface area contributed by atoms with Gasteiger partial charge in [0.25, 0.3) is 11.8 Å². The second-order valence-corrected chi connectivity index (χ2v) is 10.4. The first-order chi connectivity index (χ1) is 18.5. The number of benzene rings is 2. The first-order valence-electron chi connectivity index (χ1n) is 13.0. The molecule has 2 aromatic carbocycles. The van der Waals surface area contributed by atoms with Gasteiger partial charge in [-0.3, -0.25) is 19.3 Å². The van der Waals surface area contributed by atoms with Crippen molar-refractivity contribution in [2.45, 2.75) is 70.4 Å². The van der Waals surface area contributed by atoms with E-state index in [1.165, 1.54) is 0 Å². The second kappa shape index (κ2) is 13.9. The van der Waals surface area contributed by atoms with Crippen molar-refractivity contribution in [2.24, 2.45) is 0 Å². The minimum absolute atomic E-state index is 0.0223. The van der Waals surface area contributed by atoms with Crippen LogP contribution in [0.4, 0.5) is 4.79 Å². The molecular weight excluding hydrogens is 502 g/mol. The molecule has 0 aromatic heterocycles. The summed E-state index contributed by atoms with van der Waals surface area (Å²) in [6.45, 7) is 4.88. The van der Waals surface area contributed by atoms with Gasteiger partial charge in [-0.2, -0.15) is 0 Å². The number of amides is 3. The number of nitrogens with one attached hydrogen (secondary N) is 2. The molecule has 0 saturated carbocycles. The summed E-state index contributed by atoms with van der Waals surface area (Å²) >= 11 is 0. The van der Waals surface area contributed by atoms with E-state index in [9.17, 15) is 24.3 Å². The largest absolute Gasteiger partial charge is 0.459 e. The first kappa shape index (κ1) is 29.8. The molecule has 3 rings (SSSR count). The average Bonchev–Trinajstić information content (AvgIpc) is 3.44. The van der Waals surface area contributed by atoms with Crippen LogP contribution < -0.4 is 10.6 Å². The van der Waals surface area contributed by atoms with Gasteiger partial charge in [-0.05, 0) is 51.3 Å². The van der Waals surface area contributed by atoms with E-state index in [1.807, 2.05) is 24.3 Å². The zero-order valence-electron chi connectivity index (χ0n) is 22.6. The summed E-state index contributed by atoms with van der Waals surface area (Å²) < 4.78 is 10.7. The number of imide groups is 1. The fourth-order valence-corrected chi connectivity index (χ4v) is 4.23. The van der Waals surface area contributed by atoms with Gasteiger partial charge in [0.15, 0.2) is 0 Å². The van der Waals surface area contributed by atoms with Crippen LogP contribution in [0.1, 0.15) is 44.7 Å². The molecule has 3 unspecified atom stereocenters. The molecule has 3 amide bonds. The van der Waals surface area contributed by atoms with Crippen LogP contribution in [0.25, 0.3) is 0 Å². The number of ether oxygens (including phenoxy) is 2. The number of alkyl carbamates (subject to hydrolysis) is 1. The average molecular weight is 540 g/mol. The smallest absolute Gasteiger partial charge is 0.408 e. The maximum atomic E-state index is 13.8. The number of carbonyl (C=O) groups excluding carboxylic acids is 4. The first-order valence-corrected chi connectivity index (χ1v) is 13.0. The summed E-state index contributed by atoms with van der Waals surface area (Å²) in [7, 11) is 0. The van der Waals surface area contributed by atoms with Crippen molar-refractivity contribution in [3.63, 3.8) is 0 Å². The predicted molar refractivity (Wildman–Crippen MR) is 143 cm³/mol. The molecule has 0 spiro atoms. The molecule has 39 heavy (non-hydrogen) atoms. The number of aliphatic hydroxyl groups excluding tert-OH is 1. The van der Waals surface area contributed by atoms with E-state index in [0.717, 1.165) is 12.0 Å². The molecule has 0 radical (unpaired) electrons. The maximum Gasteiger partial charge on any atom is 0.408 e. The summed E-state index contributed by atoms with van der Waals surface area (Å²) in [6.07, 6.45) is -1.09. The van der Waals surface area contributed by atoms with E-state index in [1.54, 1.807) is 57.2 Å². The molecule has 10 nitrogen and oxygen atoms in total. The standard InChI is InChI=1S/C29H37N3O7/c1-29(2,3)39-24(33)18-32(27(36)25(34)22-15-10-16-30-22)26(35)23(17-20-11-6-4-7-12-20)31-28(37)38-19-21-13-8-5-9-14-21/h4-9,11-14,22-23,25,30,34H,10,15-19H2,1-3H3,(H,31,37). The Bertz CT molecular complexity index is 1110. The van der Waals surface area contributed by atoms with Crippen molar-refractivity contribution in [2.75, 3.05) is 13.1 Å². The highest BCUT2D eigenvalue weighted by molar-refractivity contribution is 6.03. The summed E-state index contributed by atoms with van der Waals surface area (Å²) in [4.78, 5) is 53.3. The molecule has 1 aliphatic rings. The van der Waals surface area contributed by atoms with Crippen LogP contribution in [0.3, 0.4) is 0 Å². The molecule has 10 heteroatoms.